The van der Waals surface area contributed by atoms with Gasteiger partial charge in [0.15, 0.2) is 0 Å². The number of halogens is 3. The molecular weight excluding hydrogens is 329 g/mol. The monoisotopic (exact) mass is 350 g/mol. The fraction of sp³-hybridized carbons (Fsp3) is 0.368. The fourth-order valence-electron chi connectivity index (χ4n) is 3.22. The zero-order valence-corrected chi connectivity index (χ0v) is 13.8. The molecule has 0 aliphatic carbocycles. The summed E-state index contributed by atoms with van der Waals surface area (Å²) in [7, 11) is 0. The van der Waals surface area contributed by atoms with Crippen molar-refractivity contribution in [2.24, 2.45) is 0 Å². The maximum Gasteiger partial charge on any atom is 0.416 e. The molecule has 1 heterocycles. The SMILES string of the molecule is O[C@@H](CN1CCN(c2ccccc2)CC1)c1ccccc1C(F)(F)F. The molecule has 1 aliphatic heterocycles. The van der Waals surface area contributed by atoms with Crippen LogP contribution in [0.2, 0.25) is 0 Å². The third kappa shape index (κ3) is 4.32. The predicted molar refractivity (Wildman–Crippen MR) is 91.5 cm³/mol. The van der Waals surface area contributed by atoms with Gasteiger partial charge in [0, 0.05) is 38.4 Å². The van der Waals surface area contributed by atoms with Gasteiger partial charge < -0.3 is 10.0 Å². The van der Waals surface area contributed by atoms with Crippen LogP contribution in [0, 0.1) is 0 Å². The van der Waals surface area contributed by atoms with Crippen molar-refractivity contribution in [1.29, 1.82) is 0 Å². The molecule has 0 unspecified atom stereocenters. The number of β-amino-alcohol motifs (C(OH)–C–C–N with tert-alkyl or cyclic N) is 1. The summed E-state index contributed by atoms with van der Waals surface area (Å²) in [6.45, 7) is 3.20. The highest BCUT2D eigenvalue weighted by Crippen LogP contribution is 2.34. The van der Waals surface area contributed by atoms with Crippen LogP contribution in [0.1, 0.15) is 17.2 Å². The number of rotatable bonds is 4. The third-order valence-electron chi connectivity index (χ3n) is 4.55. The van der Waals surface area contributed by atoms with E-state index in [2.05, 4.69) is 4.90 Å². The summed E-state index contributed by atoms with van der Waals surface area (Å²) in [4.78, 5) is 4.25. The predicted octanol–water partition coefficient (Wildman–Crippen LogP) is 3.56. The van der Waals surface area contributed by atoms with Gasteiger partial charge in [-0.1, -0.05) is 36.4 Å². The van der Waals surface area contributed by atoms with Crippen molar-refractivity contribution >= 4 is 5.69 Å². The van der Waals surface area contributed by atoms with E-state index >= 15 is 0 Å². The first kappa shape index (κ1) is 17.8. The standard InChI is InChI=1S/C19H21F3N2O/c20-19(21,22)17-9-5-4-8-16(17)18(25)14-23-10-12-24(13-11-23)15-6-2-1-3-7-15/h1-9,18,25H,10-14H2/t18-/m0/s1. The molecule has 1 aliphatic rings. The Bertz CT molecular complexity index is 683. The Labute approximate surface area is 145 Å². The number of para-hydroxylation sites is 1. The van der Waals surface area contributed by atoms with Crippen LogP contribution in [0.5, 0.6) is 0 Å². The molecule has 0 spiro atoms. The van der Waals surface area contributed by atoms with Gasteiger partial charge in [0.25, 0.3) is 0 Å². The normalized spacial score (nSPS) is 17.5. The summed E-state index contributed by atoms with van der Waals surface area (Å²) in [5.41, 5.74) is 0.330. The molecule has 1 fully saturated rings. The average molecular weight is 350 g/mol. The largest absolute Gasteiger partial charge is 0.416 e. The van der Waals surface area contributed by atoms with E-state index in [1.807, 2.05) is 35.2 Å². The molecule has 1 N–H and O–H groups in total. The lowest BCUT2D eigenvalue weighted by Crippen LogP contribution is -2.47. The number of aliphatic hydroxyl groups is 1. The summed E-state index contributed by atoms with van der Waals surface area (Å²) in [5, 5.41) is 10.3. The lowest BCUT2D eigenvalue weighted by Gasteiger charge is -2.37. The van der Waals surface area contributed by atoms with E-state index in [9.17, 15) is 18.3 Å². The van der Waals surface area contributed by atoms with Gasteiger partial charge in [-0.2, -0.15) is 13.2 Å². The first-order chi connectivity index (χ1) is 11.9. The van der Waals surface area contributed by atoms with Crippen molar-refractivity contribution < 1.29 is 18.3 Å². The summed E-state index contributed by atoms with van der Waals surface area (Å²) in [5.74, 6) is 0. The van der Waals surface area contributed by atoms with Crippen LogP contribution >= 0.6 is 0 Å². The van der Waals surface area contributed by atoms with Gasteiger partial charge in [-0.15, -0.1) is 0 Å². The Hall–Kier alpha value is -2.05. The molecule has 0 aromatic heterocycles. The molecule has 3 nitrogen and oxygen atoms in total. The number of piperazine rings is 1. The lowest BCUT2D eigenvalue weighted by molar-refractivity contribution is -0.139. The van der Waals surface area contributed by atoms with Crippen LogP contribution in [0.25, 0.3) is 0 Å². The highest BCUT2D eigenvalue weighted by molar-refractivity contribution is 5.46. The Kier molecular flexibility index (Phi) is 5.30. The molecule has 3 rings (SSSR count). The number of nitrogens with zero attached hydrogens (tertiary/aromatic N) is 2. The van der Waals surface area contributed by atoms with Crippen LogP contribution < -0.4 is 4.90 Å². The number of alkyl halides is 3. The first-order valence-electron chi connectivity index (χ1n) is 8.31. The van der Waals surface area contributed by atoms with Crippen molar-refractivity contribution in [3.63, 3.8) is 0 Å². The summed E-state index contributed by atoms with van der Waals surface area (Å²) >= 11 is 0. The topological polar surface area (TPSA) is 26.7 Å². The molecule has 0 amide bonds. The smallest absolute Gasteiger partial charge is 0.387 e. The van der Waals surface area contributed by atoms with Crippen LogP contribution in [0.15, 0.2) is 54.6 Å². The van der Waals surface area contributed by atoms with Gasteiger partial charge >= 0.3 is 6.18 Å². The number of aliphatic hydroxyl groups excluding tert-OH is 1. The summed E-state index contributed by atoms with van der Waals surface area (Å²) in [6.07, 6.45) is -5.61. The number of hydrogen-bond acceptors (Lipinski definition) is 3. The maximum absolute atomic E-state index is 13.1. The van der Waals surface area contributed by atoms with Gasteiger partial charge in [-0.25, -0.2) is 0 Å². The molecule has 0 saturated carbocycles. The second-order valence-electron chi connectivity index (χ2n) is 6.22. The average Bonchev–Trinajstić information content (AvgIpc) is 2.62. The molecule has 2 aromatic rings. The Morgan fingerprint density at radius 1 is 0.880 bits per heavy atom. The first-order valence-corrected chi connectivity index (χ1v) is 8.31. The van der Waals surface area contributed by atoms with Gasteiger partial charge in [-0.3, -0.25) is 4.90 Å². The van der Waals surface area contributed by atoms with Crippen LogP contribution in [-0.2, 0) is 6.18 Å². The molecule has 1 atom stereocenters. The van der Waals surface area contributed by atoms with E-state index in [4.69, 9.17) is 0 Å². The van der Waals surface area contributed by atoms with Crippen molar-refractivity contribution in [3.05, 3.63) is 65.7 Å². The van der Waals surface area contributed by atoms with Gasteiger partial charge in [0.2, 0.25) is 0 Å². The number of benzene rings is 2. The van der Waals surface area contributed by atoms with E-state index in [-0.39, 0.29) is 12.1 Å². The molecule has 0 bridgehead atoms. The minimum Gasteiger partial charge on any atom is -0.387 e. The highest BCUT2D eigenvalue weighted by atomic mass is 19.4. The van der Waals surface area contributed by atoms with Crippen LogP contribution in [-0.4, -0.2) is 42.7 Å². The molecule has 0 radical (unpaired) electrons. The van der Waals surface area contributed by atoms with Gasteiger partial charge in [0.1, 0.15) is 0 Å². The number of hydrogen-bond donors (Lipinski definition) is 1. The van der Waals surface area contributed by atoms with E-state index in [1.54, 1.807) is 0 Å². The Balaban J connectivity index is 1.61. The fourth-order valence-corrected chi connectivity index (χ4v) is 3.22. The molecule has 25 heavy (non-hydrogen) atoms. The Morgan fingerprint density at radius 3 is 2.12 bits per heavy atom. The van der Waals surface area contributed by atoms with E-state index in [0.717, 1.165) is 24.8 Å². The lowest BCUT2D eigenvalue weighted by atomic mass is 10.0. The Morgan fingerprint density at radius 2 is 1.48 bits per heavy atom. The van der Waals surface area contributed by atoms with E-state index in [0.29, 0.717) is 13.1 Å². The van der Waals surface area contributed by atoms with E-state index in [1.165, 1.54) is 18.2 Å². The van der Waals surface area contributed by atoms with Crippen LogP contribution in [0.3, 0.4) is 0 Å². The van der Waals surface area contributed by atoms with Gasteiger partial charge in [-0.05, 0) is 23.8 Å². The molecule has 1 saturated heterocycles. The molecular formula is C19H21F3N2O. The summed E-state index contributed by atoms with van der Waals surface area (Å²) < 4.78 is 39.3. The minimum atomic E-state index is -4.45. The van der Waals surface area contributed by atoms with Gasteiger partial charge in [0.05, 0.1) is 11.7 Å². The van der Waals surface area contributed by atoms with Crippen molar-refractivity contribution in [2.45, 2.75) is 12.3 Å². The van der Waals surface area contributed by atoms with Crippen LogP contribution in [0.4, 0.5) is 18.9 Å². The minimum absolute atomic E-state index is 0.0551. The quantitative estimate of drug-likeness (QED) is 0.913. The second-order valence-corrected chi connectivity index (χ2v) is 6.22. The number of anilines is 1. The molecule has 2 aromatic carbocycles. The molecule has 134 valence electrons. The molecule has 6 heteroatoms. The van der Waals surface area contributed by atoms with Crippen molar-refractivity contribution in [2.75, 3.05) is 37.6 Å². The maximum atomic E-state index is 13.1. The second kappa shape index (κ2) is 7.45. The van der Waals surface area contributed by atoms with Crippen molar-refractivity contribution in [3.8, 4) is 0 Å². The zero-order valence-electron chi connectivity index (χ0n) is 13.8. The third-order valence-corrected chi connectivity index (χ3v) is 4.55. The van der Waals surface area contributed by atoms with Crippen molar-refractivity contribution in [1.82, 2.24) is 4.90 Å². The summed E-state index contributed by atoms with van der Waals surface area (Å²) in [6, 6.07) is 15.3. The van der Waals surface area contributed by atoms with E-state index < -0.39 is 17.8 Å². The highest BCUT2D eigenvalue weighted by Gasteiger charge is 2.35. The zero-order chi connectivity index (χ0) is 17.9.